The van der Waals surface area contributed by atoms with E-state index in [1.807, 2.05) is 13.0 Å². The molecule has 1 aromatic rings. The van der Waals surface area contributed by atoms with Crippen LogP contribution in [0, 0.1) is 5.92 Å². The van der Waals surface area contributed by atoms with Gasteiger partial charge < -0.3 is 15.7 Å². The fraction of sp³-hybridized carbons (Fsp3) is 0.700. The summed E-state index contributed by atoms with van der Waals surface area (Å²) >= 11 is 1.45. The number of hydrogen-bond acceptors (Lipinski definition) is 5. The van der Waals surface area contributed by atoms with Crippen molar-refractivity contribution < 1.29 is 5.11 Å². The van der Waals surface area contributed by atoms with Crippen LogP contribution in [-0.4, -0.2) is 28.7 Å². The Kier molecular flexibility index (Phi) is 3.11. The second kappa shape index (κ2) is 4.37. The minimum absolute atomic E-state index is 0.182. The molecule has 1 aromatic heterocycles. The summed E-state index contributed by atoms with van der Waals surface area (Å²) in [7, 11) is 0. The summed E-state index contributed by atoms with van der Waals surface area (Å²) in [5, 5.41) is 10.6. The van der Waals surface area contributed by atoms with Gasteiger partial charge in [-0.05, 0) is 37.2 Å². The molecule has 0 saturated carbocycles. The topological polar surface area (TPSA) is 62.4 Å². The predicted octanol–water partition coefficient (Wildman–Crippen LogP) is 1.32. The van der Waals surface area contributed by atoms with E-state index in [0.29, 0.717) is 11.7 Å². The normalized spacial score (nSPS) is 20.5. The van der Waals surface area contributed by atoms with E-state index in [-0.39, 0.29) is 6.10 Å². The van der Waals surface area contributed by atoms with E-state index in [1.54, 1.807) is 0 Å². The Morgan fingerprint density at radius 1 is 1.60 bits per heavy atom. The van der Waals surface area contributed by atoms with E-state index in [2.05, 4.69) is 9.27 Å². The van der Waals surface area contributed by atoms with Gasteiger partial charge in [0.05, 0.1) is 6.10 Å². The number of aliphatic hydroxyl groups is 1. The van der Waals surface area contributed by atoms with Crippen LogP contribution in [-0.2, 0) is 0 Å². The Morgan fingerprint density at radius 2 is 2.27 bits per heavy atom. The van der Waals surface area contributed by atoms with Gasteiger partial charge in [0.2, 0.25) is 0 Å². The third-order valence-electron chi connectivity index (χ3n) is 3.05. The summed E-state index contributed by atoms with van der Waals surface area (Å²) < 4.78 is 4.07. The first-order valence-electron chi connectivity index (χ1n) is 5.32. The number of nitrogens with two attached hydrogens (primary N) is 1. The molecule has 15 heavy (non-hydrogen) atoms. The zero-order chi connectivity index (χ0) is 10.8. The maximum absolute atomic E-state index is 9.49. The molecule has 0 aliphatic carbocycles. The Bertz CT molecular complexity index is 318. The van der Waals surface area contributed by atoms with Crippen LogP contribution in [0.2, 0.25) is 0 Å². The lowest BCUT2D eigenvalue weighted by Crippen LogP contribution is -2.36. The molecule has 0 radical (unpaired) electrons. The van der Waals surface area contributed by atoms with Crippen LogP contribution >= 0.6 is 11.5 Å². The number of piperidine rings is 1. The van der Waals surface area contributed by atoms with Crippen molar-refractivity contribution in [2.45, 2.75) is 25.9 Å². The summed E-state index contributed by atoms with van der Waals surface area (Å²) in [5.41, 5.74) is 5.59. The summed E-state index contributed by atoms with van der Waals surface area (Å²) in [4.78, 5) is 2.30. The highest BCUT2D eigenvalue weighted by Crippen LogP contribution is 2.28. The molecule has 2 heterocycles. The van der Waals surface area contributed by atoms with Gasteiger partial charge in [-0.1, -0.05) is 0 Å². The van der Waals surface area contributed by atoms with Gasteiger partial charge in [0.25, 0.3) is 0 Å². The van der Waals surface area contributed by atoms with Crippen LogP contribution in [0.4, 0.5) is 10.8 Å². The lowest BCUT2D eigenvalue weighted by atomic mass is 9.92. The van der Waals surface area contributed by atoms with E-state index in [1.165, 1.54) is 11.5 Å². The smallest absolute Gasteiger partial charge is 0.139 e. The average Bonchev–Trinajstić information content (AvgIpc) is 2.65. The summed E-state index contributed by atoms with van der Waals surface area (Å²) in [5.74, 6) is 1.05. The van der Waals surface area contributed by atoms with E-state index < -0.39 is 0 Å². The number of rotatable bonds is 2. The largest absolute Gasteiger partial charge is 0.393 e. The maximum atomic E-state index is 9.49. The van der Waals surface area contributed by atoms with Crippen molar-refractivity contribution in [3.8, 4) is 0 Å². The first kappa shape index (κ1) is 10.7. The number of hydrogen-bond donors (Lipinski definition) is 2. The standard InChI is InChI=1S/C10H17N3OS/c1-7(14)8-2-4-13(5-3-8)10-6-9(11)12-15-10/h6-8,14H,2-5H2,1H3,(H2,11,12). The molecule has 2 rings (SSSR count). The molecule has 0 bridgehead atoms. The molecule has 0 aromatic carbocycles. The maximum Gasteiger partial charge on any atom is 0.139 e. The first-order valence-corrected chi connectivity index (χ1v) is 6.09. The van der Waals surface area contributed by atoms with Crippen LogP contribution in [0.15, 0.2) is 6.07 Å². The fourth-order valence-corrected chi connectivity index (χ4v) is 2.75. The predicted molar refractivity (Wildman–Crippen MR) is 63.1 cm³/mol. The number of nitrogen functional groups attached to an aromatic ring is 1. The van der Waals surface area contributed by atoms with Gasteiger partial charge in [0, 0.05) is 19.2 Å². The lowest BCUT2D eigenvalue weighted by molar-refractivity contribution is 0.110. The SMILES string of the molecule is CC(O)C1CCN(c2cc(N)ns2)CC1. The zero-order valence-corrected chi connectivity index (χ0v) is 9.70. The lowest BCUT2D eigenvalue weighted by Gasteiger charge is -2.33. The monoisotopic (exact) mass is 227 g/mol. The molecule has 0 amide bonds. The Balaban J connectivity index is 1.93. The molecule has 0 spiro atoms. The minimum Gasteiger partial charge on any atom is -0.393 e. The van der Waals surface area contributed by atoms with Crippen LogP contribution in [0.1, 0.15) is 19.8 Å². The van der Waals surface area contributed by atoms with Gasteiger partial charge in [0.1, 0.15) is 10.8 Å². The highest BCUT2D eigenvalue weighted by molar-refractivity contribution is 7.10. The molecular weight excluding hydrogens is 210 g/mol. The third-order valence-corrected chi connectivity index (χ3v) is 3.91. The minimum atomic E-state index is -0.182. The van der Waals surface area contributed by atoms with Crippen molar-refractivity contribution >= 4 is 22.4 Å². The average molecular weight is 227 g/mol. The molecule has 1 unspecified atom stereocenters. The van der Waals surface area contributed by atoms with Gasteiger partial charge in [-0.15, -0.1) is 0 Å². The van der Waals surface area contributed by atoms with Gasteiger partial charge >= 0.3 is 0 Å². The Labute approximate surface area is 93.9 Å². The molecule has 1 aliphatic rings. The van der Waals surface area contributed by atoms with Gasteiger partial charge in [-0.25, -0.2) is 0 Å². The van der Waals surface area contributed by atoms with Crippen LogP contribution in [0.5, 0.6) is 0 Å². The van der Waals surface area contributed by atoms with Gasteiger partial charge in [-0.2, -0.15) is 4.37 Å². The molecule has 1 aliphatic heterocycles. The van der Waals surface area contributed by atoms with Crippen molar-refractivity contribution in [1.82, 2.24) is 4.37 Å². The van der Waals surface area contributed by atoms with Crippen LogP contribution < -0.4 is 10.6 Å². The van der Waals surface area contributed by atoms with Crippen molar-refractivity contribution in [2.24, 2.45) is 5.92 Å². The van der Waals surface area contributed by atoms with E-state index in [9.17, 15) is 5.11 Å². The van der Waals surface area contributed by atoms with Gasteiger partial charge in [0.15, 0.2) is 0 Å². The second-order valence-corrected chi connectivity index (χ2v) is 4.94. The van der Waals surface area contributed by atoms with Crippen molar-refractivity contribution in [1.29, 1.82) is 0 Å². The molecule has 84 valence electrons. The quantitative estimate of drug-likeness (QED) is 0.800. The van der Waals surface area contributed by atoms with E-state index >= 15 is 0 Å². The fourth-order valence-electron chi connectivity index (χ4n) is 2.03. The van der Waals surface area contributed by atoms with Crippen LogP contribution in [0.3, 0.4) is 0 Å². The number of anilines is 2. The van der Waals surface area contributed by atoms with Crippen molar-refractivity contribution in [3.05, 3.63) is 6.07 Å². The third kappa shape index (κ3) is 2.41. The highest BCUT2D eigenvalue weighted by atomic mass is 32.1. The number of aromatic nitrogens is 1. The van der Waals surface area contributed by atoms with Crippen LogP contribution in [0.25, 0.3) is 0 Å². The highest BCUT2D eigenvalue weighted by Gasteiger charge is 2.23. The molecule has 4 nitrogen and oxygen atoms in total. The number of nitrogens with zero attached hydrogens (tertiary/aromatic N) is 2. The zero-order valence-electron chi connectivity index (χ0n) is 8.89. The molecule has 1 fully saturated rings. The molecule has 5 heteroatoms. The summed E-state index contributed by atoms with van der Waals surface area (Å²) in [6.45, 7) is 3.87. The van der Waals surface area contributed by atoms with Crippen molar-refractivity contribution in [2.75, 3.05) is 23.7 Å². The second-order valence-electron chi connectivity index (χ2n) is 4.16. The Morgan fingerprint density at radius 3 is 2.73 bits per heavy atom. The Hall–Kier alpha value is -0.810. The van der Waals surface area contributed by atoms with E-state index in [0.717, 1.165) is 30.9 Å². The summed E-state index contributed by atoms with van der Waals surface area (Å²) in [6.07, 6.45) is 1.92. The van der Waals surface area contributed by atoms with Gasteiger partial charge in [-0.3, -0.25) is 0 Å². The number of aliphatic hydroxyl groups excluding tert-OH is 1. The van der Waals surface area contributed by atoms with Crippen molar-refractivity contribution in [3.63, 3.8) is 0 Å². The molecule has 3 N–H and O–H groups in total. The van der Waals surface area contributed by atoms with E-state index in [4.69, 9.17) is 5.73 Å². The molecular formula is C10H17N3OS. The first-order chi connectivity index (χ1) is 7.16. The summed E-state index contributed by atoms with van der Waals surface area (Å²) in [6, 6.07) is 1.92. The molecule has 1 atom stereocenters. The molecule has 1 saturated heterocycles.